The van der Waals surface area contributed by atoms with Crippen molar-refractivity contribution in [3.63, 3.8) is 0 Å². The van der Waals surface area contributed by atoms with Crippen LogP contribution in [0.25, 0.3) is 17.1 Å². The molecule has 2 aromatic heterocycles. The van der Waals surface area contributed by atoms with E-state index in [1.807, 2.05) is 65.2 Å². The first-order valence-electron chi connectivity index (χ1n) is 10.6. The lowest BCUT2D eigenvalue weighted by Gasteiger charge is -2.09. The third-order valence-corrected chi connectivity index (χ3v) is 5.85. The first-order valence-corrected chi connectivity index (χ1v) is 11.5. The summed E-state index contributed by atoms with van der Waals surface area (Å²) in [5, 5.41) is 23.7. The highest BCUT2D eigenvalue weighted by Crippen LogP contribution is 2.33. The van der Waals surface area contributed by atoms with Gasteiger partial charge in [-0.3, -0.25) is 9.36 Å². The predicted octanol–water partition coefficient (Wildman–Crippen LogP) is 5.15. The van der Waals surface area contributed by atoms with Crippen LogP contribution in [0.15, 0.2) is 117 Å². The van der Waals surface area contributed by atoms with Crippen molar-refractivity contribution in [1.82, 2.24) is 20.2 Å². The van der Waals surface area contributed by atoms with E-state index in [-0.39, 0.29) is 11.3 Å². The molecule has 0 spiro atoms. The van der Waals surface area contributed by atoms with Crippen LogP contribution < -0.4 is 5.43 Å². The van der Waals surface area contributed by atoms with Crippen LogP contribution in [0.5, 0.6) is 5.75 Å². The number of carbonyl (C=O) groups excluding carboxylic acids is 1. The molecule has 0 saturated carbocycles. The Bertz CT molecular complexity index is 1480. The minimum atomic E-state index is -0.523. The number of nitrogens with zero attached hydrogens (tertiary/aromatic N) is 4. The van der Waals surface area contributed by atoms with Crippen molar-refractivity contribution in [2.24, 2.45) is 5.10 Å². The molecule has 0 saturated heterocycles. The van der Waals surface area contributed by atoms with E-state index >= 15 is 0 Å². The molecule has 2 N–H and O–H groups in total. The predicted molar refractivity (Wildman–Crippen MR) is 133 cm³/mol. The van der Waals surface area contributed by atoms with Crippen molar-refractivity contribution in [3.8, 4) is 22.8 Å². The number of hydrogen-bond acceptors (Lipinski definition) is 7. The second-order valence-corrected chi connectivity index (χ2v) is 8.29. The summed E-state index contributed by atoms with van der Waals surface area (Å²) >= 11 is 1.32. The largest absolute Gasteiger partial charge is 0.507 e. The summed E-state index contributed by atoms with van der Waals surface area (Å²) in [6.45, 7) is 0. The van der Waals surface area contributed by atoms with Crippen molar-refractivity contribution in [2.75, 3.05) is 0 Å². The maximum atomic E-state index is 12.2. The van der Waals surface area contributed by atoms with Crippen molar-refractivity contribution in [3.05, 3.63) is 108 Å². The molecule has 0 atom stereocenters. The van der Waals surface area contributed by atoms with Gasteiger partial charge in [-0.15, -0.1) is 10.2 Å². The number of furan rings is 1. The molecule has 0 unspecified atom stereocenters. The third kappa shape index (κ3) is 4.99. The summed E-state index contributed by atoms with van der Waals surface area (Å²) in [5.41, 5.74) is 4.39. The van der Waals surface area contributed by atoms with Gasteiger partial charge in [0.2, 0.25) is 5.16 Å². The van der Waals surface area contributed by atoms with Gasteiger partial charge in [0.25, 0.3) is 5.91 Å². The number of benzene rings is 3. The van der Waals surface area contributed by atoms with Crippen LogP contribution in [-0.4, -0.2) is 32.0 Å². The Kier molecular flexibility index (Phi) is 6.40. The van der Waals surface area contributed by atoms with E-state index in [1.54, 1.807) is 24.3 Å². The van der Waals surface area contributed by atoms with Crippen LogP contribution in [0.3, 0.4) is 0 Å². The van der Waals surface area contributed by atoms with Gasteiger partial charge < -0.3 is 9.52 Å². The van der Waals surface area contributed by atoms with Crippen molar-refractivity contribution >= 4 is 23.9 Å². The molecule has 5 rings (SSSR count). The number of carbonyl (C=O) groups is 1. The standard InChI is InChI=1S/C26H19N5O3S/c32-22-14-8-7-13-21(22)25(33)29-27-17-20-15-16-23(34-20)35-26-30-28-24(18-9-3-1-4-10-18)31(26)19-11-5-2-6-12-19/h1-17,32H,(H,29,33). The Labute approximate surface area is 205 Å². The average Bonchev–Trinajstić information content (AvgIpc) is 3.52. The number of rotatable bonds is 7. The van der Waals surface area contributed by atoms with Crippen molar-refractivity contribution < 1.29 is 14.3 Å². The molecule has 0 aliphatic rings. The number of aromatic hydroxyl groups is 1. The van der Waals surface area contributed by atoms with Crippen molar-refractivity contribution in [2.45, 2.75) is 10.2 Å². The van der Waals surface area contributed by atoms with Crippen LogP contribution in [0.4, 0.5) is 0 Å². The number of phenols is 1. The normalized spacial score (nSPS) is 11.1. The zero-order valence-corrected chi connectivity index (χ0v) is 19.1. The van der Waals surface area contributed by atoms with Gasteiger partial charge in [0.05, 0.1) is 11.8 Å². The molecule has 5 aromatic rings. The van der Waals surface area contributed by atoms with Crippen LogP contribution in [0.2, 0.25) is 0 Å². The maximum Gasteiger partial charge on any atom is 0.275 e. The van der Waals surface area contributed by atoms with Crippen LogP contribution in [-0.2, 0) is 0 Å². The van der Waals surface area contributed by atoms with Crippen LogP contribution >= 0.6 is 11.8 Å². The molecule has 8 nitrogen and oxygen atoms in total. The van der Waals surface area contributed by atoms with E-state index < -0.39 is 5.91 Å². The summed E-state index contributed by atoms with van der Waals surface area (Å²) in [5.74, 6) is 0.526. The molecule has 9 heteroatoms. The van der Waals surface area contributed by atoms with Gasteiger partial charge in [0, 0.05) is 11.3 Å². The first kappa shape index (κ1) is 22.2. The third-order valence-electron chi connectivity index (χ3n) is 4.98. The Hall–Kier alpha value is -4.63. The average molecular weight is 482 g/mol. The minimum absolute atomic E-state index is 0.116. The van der Waals surface area contributed by atoms with E-state index in [4.69, 9.17) is 4.42 Å². The highest BCUT2D eigenvalue weighted by Gasteiger charge is 2.18. The molecule has 3 aromatic carbocycles. The molecule has 172 valence electrons. The quantitative estimate of drug-likeness (QED) is 0.246. The van der Waals surface area contributed by atoms with Gasteiger partial charge >= 0.3 is 0 Å². The number of aromatic nitrogens is 3. The molecule has 2 heterocycles. The maximum absolute atomic E-state index is 12.2. The van der Waals surface area contributed by atoms with Gasteiger partial charge in [0.1, 0.15) is 11.5 Å². The molecule has 0 bridgehead atoms. The highest BCUT2D eigenvalue weighted by molar-refractivity contribution is 7.99. The van der Waals surface area contributed by atoms with E-state index in [2.05, 4.69) is 20.7 Å². The molecule has 0 fully saturated rings. The van der Waals surface area contributed by atoms with Gasteiger partial charge in [0.15, 0.2) is 10.9 Å². The topological polar surface area (TPSA) is 106 Å². The van der Waals surface area contributed by atoms with E-state index in [0.717, 1.165) is 17.1 Å². The zero-order chi connectivity index (χ0) is 24.0. The summed E-state index contributed by atoms with van der Waals surface area (Å²) in [4.78, 5) is 12.2. The van der Waals surface area contributed by atoms with E-state index in [1.165, 1.54) is 30.1 Å². The monoisotopic (exact) mass is 481 g/mol. The molecular formula is C26H19N5O3S. The lowest BCUT2D eigenvalue weighted by Crippen LogP contribution is -2.17. The van der Waals surface area contributed by atoms with Crippen LogP contribution in [0.1, 0.15) is 16.1 Å². The fourth-order valence-electron chi connectivity index (χ4n) is 3.35. The lowest BCUT2D eigenvalue weighted by molar-refractivity contribution is 0.0952. The molecule has 0 aliphatic carbocycles. The number of hydrogen-bond donors (Lipinski definition) is 2. The summed E-state index contributed by atoms with van der Waals surface area (Å²) < 4.78 is 7.81. The Morgan fingerprint density at radius 2 is 1.63 bits per heavy atom. The van der Waals surface area contributed by atoms with Gasteiger partial charge in [-0.05, 0) is 48.2 Å². The Morgan fingerprint density at radius 3 is 2.40 bits per heavy atom. The lowest BCUT2D eigenvalue weighted by atomic mass is 10.2. The Balaban J connectivity index is 1.35. The molecule has 0 aliphatic heterocycles. The fraction of sp³-hybridized carbons (Fsp3) is 0. The number of amides is 1. The molecule has 35 heavy (non-hydrogen) atoms. The smallest absolute Gasteiger partial charge is 0.275 e. The summed E-state index contributed by atoms with van der Waals surface area (Å²) in [6.07, 6.45) is 1.39. The van der Waals surface area contributed by atoms with Gasteiger partial charge in [-0.25, -0.2) is 5.43 Å². The van der Waals surface area contributed by atoms with Crippen molar-refractivity contribution in [1.29, 1.82) is 0 Å². The highest BCUT2D eigenvalue weighted by atomic mass is 32.2. The van der Waals surface area contributed by atoms with E-state index in [9.17, 15) is 9.90 Å². The SMILES string of the molecule is O=C(NN=Cc1ccc(Sc2nnc(-c3ccccc3)n2-c2ccccc2)o1)c1ccccc1O. The number of para-hydroxylation sites is 2. The van der Waals surface area contributed by atoms with E-state index in [0.29, 0.717) is 16.0 Å². The second-order valence-electron chi connectivity index (χ2n) is 7.32. The molecule has 0 radical (unpaired) electrons. The number of phenolic OH excluding ortho intramolecular Hbond substituents is 1. The first-order chi connectivity index (χ1) is 17.2. The van der Waals surface area contributed by atoms with Crippen LogP contribution in [0, 0.1) is 0 Å². The minimum Gasteiger partial charge on any atom is -0.507 e. The zero-order valence-electron chi connectivity index (χ0n) is 18.3. The fourth-order valence-corrected chi connectivity index (χ4v) is 4.17. The van der Waals surface area contributed by atoms with Gasteiger partial charge in [-0.1, -0.05) is 60.7 Å². The van der Waals surface area contributed by atoms with Gasteiger partial charge in [-0.2, -0.15) is 5.10 Å². The Morgan fingerprint density at radius 1 is 0.914 bits per heavy atom. The molecule has 1 amide bonds. The summed E-state index contributed by atoms with van der Waals surface area (Å²) in [7, 11) is 0. The number of nitrogens with one attached hydrogen (secondary N) is 1. The second kappa shape index (κ2) is 10.1. The number of hydrazone groups is 1. The summed E-state index contributed by atoms with van der Waals surface area (Å²) in [6, 6.07) is 29.5. The molecular weight excluding hydrogens is 462 g/mol.